The SMILES string of the molecule is N#Cc1c(NC(=O)Nc2cccc(Cl)c2Cl)cccc1NS(=O)(=O)c1ccc(-c2ccccn2)s1. The Kier molecular flexibility index (Phi) is 7.23. The quantitative estimate of drug-likeness (QED) is 0.258. The number of nitriles is 1. The lowest BCUT2D eigenvalue weighted by Crippen LogP contribution is -2.21. The van der Waals surface area contributed by atoms with Crippen molar-refractivity contribution < 1.29 is 13.2 Å². The van der Waals surface area contributed by atoms with Crippen LogP contribution in [0.15, 0.2) is 77.1 Å². The van der Waals surface area contributed by atoms with Gasteiger partial charge in [-0.2, -0.15) is 5.26 Å². The van der Waals surface area contributed by atoms with E-state index >= 15 is 0 Å². The molecule has 2 heterocycles. The van der Waals surface area contributed by atoms with Gasteiger partial charge in [0, 0.05) is 6.20 Å². The summed E-state index contributed by atoms with van der Waals surface area (Å²) in [6, 6.07) is 18.9. The largest absolute Gasteiger partial charge is 0.323 e. The molecule has 3 N–H and O–H groups in total. The highest BCUT2D eigenvalue weighted by Gasteiger charge is 2.21. The molecule has 0 atom stereocenters. The molecule has 0 radical (unpaired) electrons. The van der Waals surface area contributed by atoms with Crippen LogP contribution in [0.25, 0.3) is 10.6 Å². The van der Waals surface area contributed by atoms with Gasteiger partial charge in [0.25, 0.3) is 10.0 Å². The summed E-state index contributed by atoms with van der Waals surface area (Å²) in [6.45, 7) is 0. The molecule has 2 aromatic carbocycles. The average Bonchev–Trinajstić information content (AvgIpc) is 3.34. The zero-order valence-corrected chi connectivity index (χ0v) is 20.8. The number of hydrogen-bond acceptors (Lipinski definition) is 6. The molecule has 8 nitrogen and oxygen atoms in total. The second-order valence-corrected chi connectivity index (χ2v) is 10.7. The Bertz CT molecular complexity index is 1550. The summed E-state index contributed by atoms with van der Waals surface area (Å²) in [5.41, 5.74) is 0.967. The lowest BCUT2D eigenvalue weighted by atomic mass is 10.1. The van der Waals surface area contributed by atoms with Crippen molar-refractivity contribution in [1.29, 1.82) is 5.26 Å². The van der Waals surface area contributed by atoms with Gasteiger partial charge in [0.05, 0.1) is 43.2 Å². The minimum atomic E-state index is -4.01. The van der Waals surface area contributed by atoms with Crippen molar-refractivity contribution in [2.24, 2.45) is 0 Å². The van der Waals surface area contributed by atoms with Crippen LogP contribution in [0.5, 0.6) is 0 Å². The van der Waals surface area contributed by atoms with Gasteiger partial charge in [0.15, 0.2) is 0 Å². The molecule has 176 valence electrons. The van der Waals surface area contributed by atoms with E-state index in [1.807, 2.05) is 12.1 Å². The van der Waals surface area contributed by atoms with Gasteiger partial charge in [0.2, 0.25) is 0 Å². The lowest BCUT2D eigenvalue weighted by molar-refractivity contribution is 0.262. The zero-order valence-electron chi connectivity index (χ0n) is 17.6. The Morgan fingerprint density at radius 1 is 0.914 bits per heavy atom. The monoisotopic (exact) mass is 543 g/mol. The third kappa shape index (κ3) is 5.55. The van der Waals surface area contributed by atoms with Crippen molar-refractivity contribution in [3.63, 3.8) is 0 Å². The number of nitrogens with zero attached hydrogens (tertiary/aromatic N) is 2. The molecule has 0 aliphatic carbocycles. The van der Waals surface area contributed by atoms with Crippen LogP contribution in [0.4, 0.5) is 21.9 Å². The number of benzene rings is 2. The molecule has 4 aromatic rings. The molecule has 2 amide bonds. The smallest absolute Gasteiger partial charge is 0.306 e. The van der Waals surface area contributed by atoms with Crippen LogP contribution in [0, 0.1) is 11.3 Å². The molecule has 2 aromatic heterocycles. The number of aromatic nitrogens is 1. The molecule has 0 saturated carbocycles. The highest BCUT2D eigenvalue weighted by molar-refractivity contribution is 7.94. The predicted molar refractivity (Wildman–Crippen MR) is 139 cm³/mol. The molecule has 0 aliphatic rings. The highest BCUT2D eigenvalue weighted by atomic mass is 35.5. The summed E-state index contributed by atoms with van der Waals surface area (Å²) in [5, 5.41) is 15.2. The van der Waals surface area contributed by atoms with E-state index in [0.29, 0.717) is 10.6 Å². The third-order valence-electron chi connectivity index (χ3n) is 4.63. The van der Waals surface area contributed by atoms with Crippen LogP contribution in [0.1, 0.15) is 5.56 Å². The Labute approximate surface area is 215 Å². The molecular weight excluding hydrogens is 529 g/mol. The Balaban J connectivity index is 1.55. The predicted octanol–water partition coefficient (Wildman–Crippen LogP) is 6.43. The number of nitrogens with one attached hydrogen (secondary N) is 3. The van der Waals surface area contributed by atoms with E-state index in [1.54, 1.807) is 42.6 Å². The molecule has 35 heavy (non-hydrogen) atoms. The minimum Gasteiger partial charge on any atom is -0.306 e. The Morgan fingerprint density at radius 3 is 2.37 bits per heavy atom. The fraction of sp³-hybridized carbons (Fsp3) is 0. The van der Waals surface area contributed by atoms with Gasteiger partial charge in [-0.05, 0) is 48.5 Å². The number of carbonyl (C=O) groups excluding carboxylic acids is 1. The van der Waals surface area contributed by atoms with Gasteiger partial charge in [-0.1, -0.05) is 41.4 Å². The van der Waals surface area contributed by atoms with E-state index in [-0.39, 0.29) is 36.9 Å². The maximum Gasteiger partial charge on any atom is 0.323 e. The number of anilines is 3. The number of urea groups is 1. The maximum atomic E-state index is 13.0. The summed E-state index contributed by atoms with van der Waals surface area (Å²) in [6.07, 6.45) is 1.62. The number of pyridine rings is 1. The number of carbonyl (C=O) groups is 1. The van der Waals surface area contributed by atoms with Crippen LogP contribution in [0.3, 0.4) is 0 Å². The van der Waals surface area contributed by atoms with Crippen LogP contribution in [-0.2, 0) is 10.0 Å². The van der Waals surface area contributed by atoms with Crippen molar-refractivity contribution in [3.05, 3.63) is 88.5 Å². The molecule has 12 heteroatoms. The third-order valence-corrected chi connectivity index (χ3v) is 8.42. The first-order chi connectivity index (χ1) is 16.8. The van der Waals surface area contributed by atoms with Gasteiger partial charge in [0.1, 0.15) is 10.3 Å². The average molecular weight is 544 g/mol. The Hall–Kier alpha value is -3.62. The van der Waals surface area contributed by atoms with E-state index in [1.165, 1.54) is 24.3 Å². The van der Waals surface area contributed by atoms with Crippen LogP contribution >= 0.6 is 34.5 Å². The van der Waals surface area contributed by atoms with Gasteiger partial charge in [-0.15, -0.1) is 11.3 Å². The van der Waals surface area contributed by atoms with Crippen molar-refractivity contribution in [2.45, 2.75) is 4.21 Å². The normalized spacial score (nSPS) is 10.9. The summed E-state index contributed by atoms with van der Waals surface area (Å²) < 4.78 is 28.5. The van der Waals surface area contributed by atoms with Crippen molar-refractivity contribution in [1.82, 2.24) is 4.98 Å². The molecule has 0 bridgehead atoms. The van der Waals surface area contributed by atoms with E-state index in [4.69, 9.17) is 23.2 Å². The topological polar surface area (TPSA) is 124 Å². The van der Waals surface area contributed by atoms with Gasteiger partial charge in [-0.25, -0.2) is 13.2 Å². The molecule has 0 fully saturated rings. The van der Waals surface area contributed by atoms with Gasteiger partial charge in [-0.3, -0.25) is 9.71 Å². The van der Waals surface area contributed by atoms with Crippen LogP contribution in [-0.4, -0.2) is 19.4 Å². The number of amides is 2. The zero-order chi connectivity index (χ0) is 25.0. The number of halogens is 2. The van der Waals surface area contributed by atoms with Crippen LogP contribution < -0.4 is 15.4 Å². The molecule has 0 spiro atoms. The van der Waals surface area contributed by atoms with E-state index in [0.717, 1.165) is 11.3 Å². The van der Waals surface area contributed by atoms with Gasteiger partial charge < -0.3 is 10.6 Å². The second-order valence-electron chi connectivity index (χ2n) is 6.96. The van der Waals surface area contributed by atoms with E-state index < -0.39 is 16.1 Å². The summed E-state index contributed by atoms with van der Waals surface area (Å²) in [7, 11) is -4.01. The first-order valence-electron chi connectivity index (χ1n) is 9.87. The van der Waals surface area contributed by atoms with E-state index in [9.17, 15) is 18.5 Å². The molecular formula is C23H15Cl2N5O3S2. The molecule has 0 aliphatic heterocycles. The van der Waals surface area contributed by atoms with Crippen molar-refractivity contribution in [3.8, 4) is 16.6 Å². The number of rotatable bonds is 6. The fourth-order valence-corrected chi connectivity index (χ4v) is 5.75. The molecule has 4 rings (SSSR count). The highest BCUT2D eigenvalue weighted by Crippen LogP contribution is 2.33. The number of thiophene rings is 1. The number of hydrogen-bond donors (Lipinski definition) is 3. The standard InChI is InChI=1S/C23H15Cl2N5O3S2/c24-15-5-3-9-19(22(15)25)29-23(31)28-16-7-4-8-17(14(16)13-26)30-35(32,33)21-11-10-20(34-21)18-6-1-2-12-27-18/h1-12,30H,(H2,28,29,31). The minimum absolute atomic E-state index is 0.0128. The lowest BCUT2D eigenvalue weighted by Gasteiger charge is -2.13. The van der Waals surface area contributed by atoms with Crippen LogP contribution in [0.2, 0.25) is 10.0 Å². The maximum absolute atomic E-state index is 13.0. The number of sulfonamides is 1. The van der Waals surface area contributed by atoms with Gasteiger partial charge >= 0.3 is 6.03 Å². The first kappa shape index (κ1) is 24.5. The molecule has 0 saturated heterocycles. The Morgan fingerprint density at radius 2 is 1.63 bits per heavy atom. The van der Waals surface area contributed by atoms with Crippen molar-refractivity contribution in [2.75, 3.05) is 15.4 Å². The molecule has 0 unspecified atom stereocenters. The fourth-order valence-electron chi connectivity index (χ4n) is 3.04. The van der Waals surface area contributed by atoms with E-state index in [2.05, 4.69) is 20.3 Å². The summed E-state index contributed by atoms with van der Waals surface area (Å²) >= 11 is 13.1. The summed E-state index contributed by atoms with van der Waals surface area (Å²) in [5.74, 6) is 0. The summed E-state index contributed by atoms with van der Waals surface area (Å²) in [4.78, 5) is 17.4. The van der Waals surface area contributed by atoms with Crippen molar-refractivity contribution >= 4 is 67.7 Å². The first-order valence-corrected chi connectivity index (χ1v) is 12.9. The second kappa shape index (κ2) is 10.3.